The summed E-state index contributed by atoms with van der Waals surface area (Å²) in [4.78, 5) is 2.74. The summed E-state index contributed by atoms with van der Waals surface area (Å²) in [5.74, 6) is 0.370. The largest absolute Gasteiger partial charge is 0.389 e. The van der Waals surface area contributed by atoms with Crippen molar-refractivity contribution in [2.75, 3.05) is 26.7 Å². The zero-order valence-corrected chi connectivity index (χ0v) is 13.7. The molecule has 1 fully saturated rings. The molecule has 1 aliphatic rings. The van der Waals surface area contributed by atoms with Crippen LogP contribution in [0.3, 0.4) is 0 Å². The van der Waals surface area contributed by atoms with Crippen LogP contribution in [0.1, 0.15) is 18.4 Å². The number of nitrogens with two attached hydrogens (primary N) is 1. The number of hydrogen-bond donors (Lipinski definition) is 2. The van der Waals surface area contributed by atoms with Crippen molar-refractivity contribution in [2.24, 2.45) is 11.7 Å². The van der Waals surface area contributed by atoms with Gasteiger partial charge in [-0.15, -0.1) is 0 Å². The smallest absolute Gasteiger partial charge is 0.240 e. The van der Waals surface area contributed by atoms with Crippen molar-refractivity contribution >= 4 is 27.2 Å². The van der Waals surface area contributed by atoms with E-state index in [0.29, 0.717) is 18.0 Å². The van der Waals surface area contributed by atoms with E-state index in [1.165, 1.54) is 12.1 Å². The normalized spacial score (nSPS) is 20.3. The minimum absolute atomic E-state index is 0.242. The molecule has 0 spiro atoms. The summed E-state index contributed by atoms with van der Waals surface area (Å²) in [5.41, 5.74) is 6.17. The van der Waals surface area contributed by atoms with Gasteiger partial charge in [-0.25, -0.2) is 13.1 Å². The Balaban J connectivity index is 1.99. The van der Waals surface area contributed by atoms with Crippen molar-refractivity contribution in [3.63, 3.8) is 0 Å². The number of piperidine rings is 1. The summed E-state index contributed by atoms with van der Waals surface area (Å²) < 4.78 is 27.2. The SMILES string of the molecule is CN1CCCC(CNS(=O)(=O)c2ccc(C(N)=S)cc2)C1. The molecule has 0 radical (unpaired) electrons. The van der Waals surface area contributed by atoms with Gasteiger partial charge in [-0.05, 0) is 44.5 Å². The van der Waals surface area contributed by atoms with Crippen molar-refractivity contribution in [1.82, 2.24) is 9.62 Å². The third kappa shape index (κ3) is 4.47. The zero-order chi connectivity index (χ0) is 15.5. The molecule has 1 saturated heterocycles. The maximum absolute atomic E-state index is 12.2. The molecule has 1 atom stereocenters. The van der Waals surface area contributed by atoms with E-state index in [9.17, 15) is 8.42 Å². The number of nitrogens with zero attached hydrogens (tertiary/aromatic N) is 1. The molecule has 0 bridgehead atoms. The van der Waals surface area contributed by atoms with E-state index >= 15 is 0 Å². The molecule has 7 heteroatoms. The second-order valence-corrected chi connectivity index (χ2v) is 7.72. The van der Waals surface area contributed by atoms with Crippen LogP contribution in [0.5, 0.6) is 0 Å². The number of rotatable bonds is 5. The number of benzene rings is 1. The molecule has 3 N–H and O–H groups in total. The first kappa shape index (κ1) is 16.4. The fourth-order valence-corrected chi connectivity index (χ4v) is 3.80. The monoisotopic (exact) mass is 327 g/mol. The van der Waals surface area contributed by atoms with Crippen LogP contribution in [-0.4, -0.2) is 45.0 Å². The second-order valence-electron chi connectivity index (χ2n) is 5.51. The topological polar surface area (TPSA) is 75.4 Å². The van der Waals surface area contributed by atoms with Crippen molar-refractivity contribution in [3.05, 3.63) is 29.8 Å². The van der Waals surface area contributed by atoms with Crippen LogP contribution in [0.15, 0.2) is 29.2 Å². The molecule has 116 valence electrons. The first-order valence-corrected chi connectivity index (χ1v) is 8.86. The molecule has 0 aliphatic carbocycles. The molecule has 0 aromatic heterocycles. The third-order valence-corrected chi connectivity index (χ3v) is 5.41. The van der Waals surface area contributed by atoms with E-state index in [0.717, 1.165) is 25.9 Å². The van der Waals surface area contributed by atoms with E-state index in [2.05, 4.69) is 16.7 Å². The van der Waals surface area contributed by atoms with Crippen LogP contribution in [-0.2, 0) is 10.0 Å². The molecule has 1 aromatic carbocycles. The van der Waals surface area contributed by atoms with E-state index in [1.54, 1.807) is 12.1 Å². The van der Waals surface area contributed by atoms with E-state index < -0.39 is 10.0 Å². The minimum Gasteiger partial charge on any atom is -0.389 e. The highest BCUT2D eigenvalue weighted by atomic mass is 32.2. The molecule has 0 amide bonds. The van der Waals surface area contributed by atoms with Crippen LogP contribution < -0.4 is 10.5 Å². The maximum atomic E-state index is 12.2. The predicted molar refractivity (Wildman–Crippen MR) is 87.7 cm³/mol. The van der Waals surface area contributed by atoms with Crippen molar-refractivity contribution < 1.29 is 8.42 Å². The number of nitrogens with one attached hydrogen (secondary N) is 1. The average molecular weight is 327 g/mol. The molecule has 1 aliphatic heterocycles. The molecule has 0 saturated carbocycles. The molecule has 1 unspecified atom stereocenters. The molecular formula is C14H21N3O2S2. The third-order valence-electron chi connectivity index (χ3n) is 3.73. The van der Waals surface area contributed by atoms with Crippen molar-refractivity contribution in [3.8, 4) is 0 Å². The lowest BCUT2D eigenvalue weighted by Gasteiger charge is -2.29. The van der Waals surface area contributed by atoms with Gasteiger partial charge in [-0.2, -0.15) is 0 Å². The number of sulfonamides is 1. The van der Waals surface area contributed by atoms with Gasteiger partial charge in [0.05, 0.1) is 4.90 Å². The molecule has 1 heterocycles. The van der Waals surface area contributed by atoms with Crippen molar-refractivity contribution in [2.45, 2.75) is 17.7 Å². The molecular weight excluding hydrogens is 306 g/mol. The summed E-state index contributed by atoms with van der Waals surface area (Å²) in [6.07, 6.45) is 2.18. The molecule has 21 heavy (non-hydrogen) atoms. The number of likely N-dealkylation sites (tertiary alicyclic amines) is 1. The molecule has 5 nitrogen and oxygen atoms in total. The van der Waals surface area contributed by atoms with Gasteiger partial charge in [0.1, 0.15) is 4.99 Å². The van der Waals surface area contributed by atoms with Gasteiger partial charge in [-0.1, -0.05) is 24.4 Å². The first-order chi connectivity index (χ1) is 9.88. The summed E-state index contributed by atoms with van der Waals surface area (Å²) in [6.45, 7) is 2.50. The average Bonchev–Trinajstić information content (AvgIpc) is 2.45. The van der Waals surface area contributed by atoms with Crippen LogP contribution in [0.25, 0.3) is 0 Å². The van der Waals surface area contributed by atoms with Crippen LogP contribution in [0, 0.1) is 5.92 Å². The lowest BCUT2D eigenvalue weighted by atomic mass is 9.99. The van der Waals surface area contributed by atoms with E-state index in [4.69, 9.17) is 18.0 Å². The summed E-state index contributed by atoms with van der Waals surface area (Å²) in [7, 11) is -1.41. The second kappa shape index (κ2) is 6.83. The molecule has 1 aromatic rings. The van der Waals surface area contributed by atoms with Gasteiger partial charge in [0.2, 0.25) is 10.0 Å². The zero-order valence-electron chi connectivity index (χ0n) is 12.1. The summed E-state index contributed by atoms with van der Waals surface area (Å²) in [5, 5.41) is 0. The first-order valence-electron chi connectivity index (χ1n) is 6.96. The Hall–Kier alpha value is -1.02. The lowest BCUT2D eigenvalue weighted by molar-refractivity contribution is 0.211. The highest BCUT2D eigenvalue weighted by molar-refractivity contribution is 7.89. The van der Waals surface area contributed by atoms with Crippen LogP contribution >= 0.6 is 12.2 Å². The van der Waals surface area contributed by atoms with Crippen LogP contribution in [0.4, 0.5) is 0 Å². The Morgan fingerprint density at radius 2 is 2.10 bits per heavy atom. The molecule has 2 rings (SSSR count). The number of hydrogen-bond acceptors (Lipinski definition) is 4. The maximum Gasteiger partial charge on any atom is 0.240 e. The Morgan fingerprint density at radius 3 is 2.67 bits per heavy atom. The van der Waals surface area contributed by atoms with Gasteiger partial charge in [0, 0.05) is 18.7 Å². The Kier molecular flexibility index (Phi) is 5.32. The predicted octanol–water partition coefficient (Wildman–Crippen LogP) is 0.941. The Morgan fingerprint density at radius 1 is 1.43 bits per heavy atom. The van der Waals surface area contributed by atoms with Crippen LogP contribution in [0.2, 0.25) is 0 Å². The minimum atomic E-state index is -3.47. The van der Waals surface area contributed by atoms with Gasteiger partial charge in [-0.3, -0.25) is 0 Å². The fourth-order valence-electron chi connectivity index (χ4n) is 2.55. The van der Waals surface area contributed by atoms with E-state index in [-0.39, 0.29) is 9.88 Å². The van der Waals surface area contributed by atoms with Gasteiger partial charge < -0.3 is 10.6 Å². The Labute approximate surface area is 131 Å². The summed E-state index contributed by atoms with van der Waals surface area (Å²) in [6, 6.07) is 6.32. The quantitative estimate of drug-likeness (QED) is 0.787. The fraction of sp³-hybridized carbons (Fsp3) is 0.500. The summed E-state index contributed by atoms with van der Waals surface area (Å²) >= 11 is 4.85. The highest BCUT2D eigenvalue weighted by Gasteiger charge is 2.20. The standard InChI is InChI=1S/C14H21N3O2S2/c1-17-8-2-3-11(10-17)9-16-21(18,19)13-6-4-12(5-7-13)14(15)20/h4-7,11,16H,2-3,8-10H2,1H3,(H2,15,20). The Bertz CT molecular complexity index is 599. The van der Waals surface area contributed by atoms with Gasteiger partial charge in [0.15, 0.2) is 0 Å². The van der Waals surface area contributed by atoms with Gasteiger partial charge in [0.25, 0.3) is 0 Å². The van der Waals surface area contributed by atoms with Gasteiger partial charge >= 0.3 is 0 Å². The lowest BCUT2D eigenvalue weighted by Crippen LogP contribution is -2.39. The van der Waals surface area contributed by atoms with Crippen molar-refractivity contribution in [1.29, 1.82) is 0 Å². The highest BCUT2D eigenvalue weighted by Crippen LogP contribution is 2.16. The number of thiocarbonyl (C=S) groups is 1. The van der Waals surface area contributed by atoms with E-state index in [1.807, 2.05) is 0 Å².